The van der Waals surface area contributed by atoms with Gasteiger partial charge < -0.3 is 0 Å². The van der Waals surface area contributed by atoms with E-state index in [1.54, 1.807) is 18.5 Å². The van der Waals surface area contributed by atoms with E-state index >= 15 is 0 Å². The molecule has 15 heavy (non-hydrogen) atoms. The van der Waals surface area contributed by atoms with Gasteiger partial charge >= 0.3 is 0 Å². The number of rotatable bonds is 4. The molecule has 0 fully saturated rings. The molecule has 0 unspecified atom stereocenters. The number of aldehydes is 1. The maximum absolute atomic E-state index is 10.7. The topological polar surface area (TPSA) is 30.0 Å². The number of unbranched alkanes of at least 4 members (excludes halogenated alkanes) is 3. The van der Waals surface area contributed by atoms with Crippen LogP contribution in [0.25, 0.3) is 0 Å². The van der Waals surface area contributed by atoms with Crippen molar-refractivity contribution in [3.63, 3.8) is 0 Å². The lowest BCUT2D eigenvalue weighted by atomic mass is 10.1. The van der Waals surface area contributed by atoms with Crippen LogP contribution >= 0.6 is 0 Å². The first kappa shape index (κ1) is 11.5. The Hall–Kier alpha value is -1.62. The summed E-state index contributed by atoms with van der Waals surface area (Å²) in [7, 11) is 0. The lowest BCUT2D eigenvalue weighted by Crippen LogP contribution is -1.87. The Balaban J connectivity index is 2.59. The molecule has 0 aliphatic heterocycles. The molecule has 0 bridgehead atoms. The lowest BCUT2D eigenvalue weighted by Gasteiger charge is -1.93. The Morgan fingerprint density at radius 3 is 3.07 bits per heavy atom. The number of carbonyl (C=O) groups is 1. The van der Waals surface area contributed by atoms with Gasteiger partial charge in [0, 0.05) is 24.4 Å². The van der Waals surface area contributed by atoms with Crippen LogP contribution in [0.2, 0.25) is 0 Å². The molecule has 0 amide bonds. The van der Waals surface area contributed by atoms with Crippen molar-refractivity contribution in [2.45, 2.75) is 32.6 Å². The smallest absolute Gasteiger partial charge is 0.151 e. The van der Waals surface area contributed by atoms with Crippen molar-refractivity contribution in [3.8, 4) is 11.8 Å². The van der Waals surface area contributed by atoms with E-state index in [9.17, 15) is 4.79 Å². The molecular formula is C13H15NO. The van der Waals surface area contributed by atoms with Crippen molar-refractivity contribution >= 4 is 6.29 Å². The number of pyridine rings is 1. The second kappa shape index (κ2) is 6.78. The largest absolute Gasteiger partial charge is 0.298 e. The van der Waals surface area contributed by atoms with Gasteiger partial charge in [-0.05, 0) is 12.5 Å². The molecule has 0 spiro atoms. The number of hydrogen-bond acceptors (Lipinski definition) is 2. The molecule has 0 radical (unpaired) electrons. The second-order valence-corrected chi connectivity index (χ2v) is 3.34. The minimum absolute atomic E-state index is 0.619. The molecule has 0 saturated carbocycles. The van der Waals surface area contributed by atoms with Crippen LogP contribution in [-0.2, 0) is 0 Å². The normalized spacial score (nSPS) is 9.13. The number of hydrogen-bond donors (Lipinski definition) is 0. The van der Waals surface area contributed by atoms with Gasteiger partial charge in [-0.1, -0.05) is 31.6 Å². The zero-order chi connectivity index (χ0) is 10.9. The fourth-order valence-corrected chi connectivity index (χ4v) is 1.23. The Labute approximate surface area is 90.7 Å². The van der Waals surface area contributed by atoms with E-state index in [2.05, 4.69) is 23.7 Å². The van der Waals surface area contributed by atoms with Gasteiger partial charge in [0.1, 0.15) is 0 Å². The summed E-state index contributed by atoms with van der Waals surface area (Å²) in [6, 6.07) is 1.68. The van der Waals surface area contributed by atoms with Crippen LogP contribution in [0.5, 0.6) is 0 Å². The van der Waals surface area contributed by atoms with Crippen molar-refractivity contribution in [3.05, 3.63) is 29.6 Å². The summed E-state index contributed by atoms with van der Waals surface area (Å²) in [5.41, 5.74) is 1.34. The molecule has 2 heteroatoms. The van der Waals surface area contributed by atoms with Crippen LogP contribution in [0.15, 0.2) is 18.5 Å². The van der Waals surface area contributed by atoms with Gasteiger partial charge in [-0.3, -0.25) is 9.78 Å². The van der Waals surface area contributed by atoms with Gasteiger partial charge in [-0.25, -0.2) is 0 Å². The Morgan fingerprint density at radius 1 is 1.47 bits per heavy atom. The molecule has 1 aromatic rings. The summed E-state index contributed by atoms with van der Waals surface area (Å²) in [5.74, 6) is 6.04. The van der Waals surface area contributed by atoms with Crippen molar-refractivity contribution in [2.75, 3.05) is 0 Å². The molecular weight excluding hydrogens is 186 g/mol. The highest BCUT2D eigenvalue weighted by atomic mass is 16.1. The first-order chi connectivity index (χ1) is 7.38. The van der Waals surface area contributed by atoms with Crippen LogP contribution in [-0.4, -0.2) is 11.3 Å². The maximum atomic E-state index is 10.7. The van der Waals surface area contributed by atoms with Crippen molar-refractivity contribution in [2.24, 2.45) is 0 Å². The van der Waals surface area contributed by atoms with E-state index in [1.165, 1.54) is 12.8 Å². The fourth-order valence-electron chi connectivity index (χ4n) is 1.23. The van der Waals surface area contributed by atoms with Crippen molar-refractivity contribution < 1.29 is 4.79 Å². The highest BCUT2D eigenvalue weighted by Gasteiger charge is 1.95. The molecule has 0 aliphatic carbocycles. The highest BCUT2D eigenvalue weighted by Crippen LogP contribution is 2.02. The summed E-state index contributed by atoms with van der Waals surface area (Å²) < 4.78 is 0. The molecule has 1 rings (SSSR count). The summed E-state index contributed by atoms with van der Waals surface area (Å²) in [6.07, 6.45) is 8.48. The SMILES string of the molecule is CCCCCC#Cc1cnccc1C=O. The molecule has 2 nitrogen and oxygen atoms in total. The number of aromatic nitrogens is 1. The second-order valence-electron chi connectivity index (χ2n) is 3.34. The van der Waals surface area contributed by atoms with Crippen LogP contribution in [0.4, 0.5) is 0 Å². The predicted molar refractivity (Wildman–Crippen MR) is 60.6 cm³/mol. The highest BCUT2D eigenvalue weighted by molar-refractivity contribution is 5.78. The first-order valence-corrected chi connectivity index (χ1v) is 5.26. The summed E-state index contributed by atoms with van der Waals surface area (Å²) >= 11 is 0. The zero-order valence-corrected chi connectivity index (χ0v) is 8.99. The average molecular weight is 201 g/mol. The van der Waals surface area contributed by atoms with Crippen LogP contribution in [0.3, 0.4) is 0 Å². The quantitative estimate of drug-likeness (QED) is 0.426. The molecule has 1 heterocycles. The number of carbonyl (C=O) groups excluding carboxylic acids is 1. The van der Waals surface area contributed by atoms with Gasteiger partial charge in [0.2, 0.25) is 0 Å². The number of nitrogens with zero attached hydrogens (tertiary/aromatic N) is 1. The molecule has 0 N–H and O–H groups in total. The van der Waals surface area contributed by atoms with E-state index in [1.807, 2.05) is 0 Å². The molecule has 0 aromatic carbocycles. The average Bonchev–Trinajstić information content (AvgIpc) is 2.29. The van der Waals surface area contributed by atoms with Crippen LogP contribution in [0, 0.1) is 11.8 Å². The monoisotopic (exact) mass is 201 g/mol. The minimum Gasteiger partial charge on any atom is -0.298 e. The third-order valence-electron chi connectivity index (χ3n) is 2.11. The van der Waals surface area contributed by atoms with E-state index in [0.29, 0.717) is 5.56 Å². The first-order valence-electron chi connectivity index (χ1n) is 5.26. The van der Waals surface area contributed by atoms with Crippen molar-refractivity contribution in [1.29, 1.82) is 0 Å². The molecule has 1 aromatic heterocycles. The van der Waals surface area contributed by atoms with Gasteiger partial charge in [0.25, 0.3) is 0 Å². The third kappa shape index (κ3) is 3.95. The van der Waals surface area contributed by atoms with E-state index < -0.39 is 0 Å². The van der Waals surface area contributed by atoms with Gasteiger partial charge in [-0.15, -0.1) is 0 Å². The fraction of sp³-hybridized carbons (Fsp3) is 0.385. The van der Waals surface area contributed by atoms with Crippen molar-refractivity contribution in [1.82, 2.24) is 4.98 Å². The Kier molecular flexibility index (Phi) is 5.18. The molecule has 0 saturated heterocycles. The van der Waals surface area contributed by atoms with Crippen LogP contribution in [0.1, 0.15) is 48.5 Å². The lowest BCUT2D eigenvalue weighted by molar-refractivity contribution is 0.112. The zero-order valence-electron chi connectivity index (χ0n) is 8.99. The van der Waals surface area contributed by atoms with Gasteiger partial charge in [0.15, 0.2) is 6.29 Å². The van der Waals surface area contributed by atoms with Crippen LogP contribution < -0.4 is 0 Å². The summed E-state index contributed by atoms with van der Waals surface area (Å²) in [5, 5.41) is 0. The summed E-state index contributed by atoms with van der Waals surface area (Å²) in [4.78, 5) is 14.6. The summed E-state index contributed by atoms with van der Waals surface area (Å²) in [6.45, 7) is 2.17. The maximum Gasteiger partial charge on any atom is 0.151 e. The van der Waals surface area contributed by atoms with E-state index in [0.717, 1.165) is 24.7 Å². The Bertz CT molecular complexity index is 374. The Morgan fingerprint density at radius 2 is 2.33 bits per heavy atom. The van der Waals surface area contributed by atoms with E-state index in [4.69, 9.17) is 0 Å². The molecule has 0 atom stereocenters. The van der Waals surface area contributed by atoms with Gasteiger partial charge in [-0.2, -0.15) is 0 Å². The minimum atomic E-state index is 0.619. The van der Waals surface area contributed by atoms with E-state index in [-0.39, 0.29) is 0 Å². The van der Waals surface area contributed by atoms with Gasteiger partial charge in [0.05, 0.1) is 5.56 Å². The standard InChI is InChI=1S/C13H15NO/c1-2-3-4-5-6-7-12-10-14-9-8-13(12)11-15/h8-11H,2-5H2,1H3. The molecule has 78 valence electrons. The predicted octanol–water partition coefficient (Wildman–Crippen LogP) is 2.83. The molecule has 0 aliphatic rings. The third-order valence-corrected chi connectivity index (χ3v) is 2.11.